The van der Waals surface area contributed by atoms with Crippen LogP contribution in [0.2, 0.25) is 0 Å². The Hall–Kier alpha value is -3.56. The minimum absolute atomic E-state index is 0.0887. The molecule has 1 saturated heterocycles. The van der Waals surface area contributed by atoms with Crippen molar-refractivity contribution in [3.05, 3.63) is 52.1 Å². The summed E-state index contributed by atoms with van der Waals surface area (Å²) in [7, 11) is 0. The van der Waals surface area contributed by atoms with Crippen LogP contribution < -0.4 is 11.4 Å². The van der Waals surface area contributed by atoms with Gasteiger partial charge in [-0.05, 0) is 49.9 Å². The van der Waals surface area contributed by atoms with Crippen LogP contribution in [0.3, 0.4) is 0 Å². The summed E-state index contributed by atoms with van der Waals surface area (Å²) in [6.07, 6.45) is 1.94. The zero-order chi connectivity index (χ0) is 22.3. The quantitative estimate of drug-likeness (QED) is 0.677. The molecule has 0 spiro atoms. The van der Waals surface area contributed by atoms with Crippen molar-refractivity contribution in [3.8, 4) is 5.69 Å². The molecule has 1 aliphatic heterocycles. The molecule has 2 N–H and O–H groups in total. The monoisotopic (exact) mass is 426 g/mol. The van der Waals surface area contributed by atoms with Gasteiger partial charge in [-0.25, -0.2) is 23.7 Å². The maximum absolute atomic E-state index is 13.4. The number of amides is 2. The maximum Gasteiger partial charge on any atom is 0.335 e. The molecule has 9 nitrogen and oxygen atoms in total. The van der Waals surface area contributed by atoms with Crippen molar-refractivity contribution in [1.29, 1.82) is 0 Å². The molecule has 3 aromatic rings. The smallest absolute Gasteiger partial charge is 0.335 e. The molecule has 4 rings (SSSR count). The van der Waals surface area contributed by atoms with Gasteiger partial charge in [-0.15, -0.1) is 0 Å². The standard InChI is InChI=1S/C21H23FN6O3/c1-12-4-3-9-26(10-12)16(29)11-27-18-17(19(23)30)24-13(2)25-20(18)28(21(27)31)15-7-5-14(22)6-8-15/h5-8,12H,3-4,9-11H2,1-2H3,(H2,23,30)/t12-/m1/s1. The summed E-state index contributed by atoms with van der Waals surface area (Å²) >= 11 is 0. The lowest BCUT2D eigenvalue weighted by Gasteiger charge is -2.31. The Kier molecular flexibility index (Phi) is 5.30. The third-order valence-electron chi connectivity index (χ3n) is 5.50. The van der Waals surface area contributed by atoms with E-state index in [9.17, 15) is 18.8 Å². The molecule has 0 radical (unpaired) electrons. The summed E-state index contributed by atoms with van der Waals surface area (Å²) in [4.78, 5) is 48.7. The number of aryl methyl sites for hydroxylation is 1. The van der Waals surface area contributed by atoms with Gasteiger partial charge in [0.25, 0.3) is 5.91 Å². The van der Waals surface area contributed by atoms with Crippen LogP contribution in [-0.2, 0) is 11.3 Å². The van der Waals surface area contributed by atoms with Gasteiger partial charge in [-0.2, -0.15) is 0 Å². The predicted octanol–water partition coefficient (Wildman–Crippen LogP) is 1.39. The molecule has 2 amide bonds. The van der Waals surface area contributed by atoms with E-state index in [-0.39, 0.29) is 35.1 Å². The lowest BCUT2D eigenvalue weighted by atomic mass is 10.0. The Morgan fingerprint density at radius 3 is 2.58 bits per heavy atom. The number of hydrogen-bond acceptors (Lipinski definition) is 5. The second-order valence-electron chi connectivity index (χ2n) is 7.92. The molecular formula is C21H23FN6O3. The Balaban J connectivity index is 1.91. The second-order valence-corrected chi connectivity index (χ2v) is 7.92. The van der Waals surface area contributed by atoms with E-state index in [4.69, 9.17) is 5.73 Å². The van der Waals surface area contributed by atoms with E-state index in [1.807, 2.05) is 0 Å². The molecule has 0 unspecified atom stereocenters. The van der Waals surface area contributed by atoms with Crippen molar-refractivity contribution in [2.45, 2.75) is 33.2 Å². The first-order valence-electron chi connectivity index (χ1n) is 10.1. The van der Waals surface area contributed by atoms with E-state index in [0.29, 0.717) is 24.7 Å². The minimum atomic E-state index is -0.834. The van der Waals surface area contributed by atoms with Crippen LogP contribution in [0.15, 0.2) is 29.1 Å². The fourth-order valence-electron chi connectivity index (χ4n) is 4.06. The van der Waals surface area contributed by atoms with Gasteiger partial charge in [0, 0.05) is 13.1 Å². The zero-order valence-electron chi connectivity index (χ0n) is 17.3. The van der Waals surface area contributed by atoms with Gasteiger partial charge in [0.15, 0.2) is 11.3 Å². The molecule has 1 atom stereocenters. The number of carbonyl (C=O) groups is 2. The Bertz CT molecular complexity index is 1230. The number of imidazole rings is 1. The van der Waals surface area contributed by atoms with Crippen molar-refractivity contribution in [2.75, 3.05) is 13.1 Å². The largest absolute Gasteiger partial charge is 0.364 e. The molecule has 1 aromatic carbocycles. The Labute approximate surface area is 177 Å². The number of fused-ring (bicyclic) bond motifs is 1. The molecule has 1 aliphatic rings. The van der Waals surface area contributed by atoms with E-state index in [0.717, 1.165) is 12.8 Å². The topological polar surface area (TPSA) is 116 Å². The highest BCUT2D eigenvalue weighted by atomic mass is 19.1. The Morgan fingerprint density at radius 2 is 1.94 bits per heavy atom. The van der Waals surface area contributed by atoms with Crippen LogP contribution in [0.4, 0.5) is 4.39 Å². The lowest BCUT2D eigenvalue weighted by Crippen LogP contribution is -2.42. The lowest BCUT2D eigenvalue weighted by molar-refractivity contribution is -0.133. The number of carbonyl (C=O) groups excluding carboxylic acids is 2. The maximum atomic E-state index is 13.4. The minimum Gasteiger partial charge on any atom is -0.364 e. The molecule has 31 heavy (non-hydrogen) atoms. The van der Waals surface area contributed by atoms with Crippen molar-refractivity contribution in [2.24, 2.45) is 11.7 Å². The van der Waals surface area contributed by atoms with Gasteiger partial charge in [0.1, 0.15) is 23.7 Å². The molecule has 2 aromatic heterocycles. The fourth-order valence-corrected chi connectivity index (χ4v) is 4.06. The molecule has 162 valence electrons. The number of nitrogens with zero attached hydrogens (tertiary/aromatic N) is 5. The van der Waals surface area contributed by atoms with Crippen LogP contribution in [0, 0.1) is 18.7 Å². The number of aromatic nitrogens is 4. The summed E-state index contributed by atoms with van der Waals surface area (Å²) in [6, 6.07) is 5.29. The van der Waals surface area contributed by atoms with Crippen LogP contribution in [-0.4, -0.2) is 48.9 Å². The number of benzene rings is 1. The molecule has 0 bridgehead atoms. The zero-order valence-corrected chi connectivity index (χ0v) is 17.3. The summed E-state index contributed by atoms with van der Waals surface area (Å²) in [5.74, 6) is -0.909. The second kappa shape index (κ2) is 7.93. The first-order valence-corrected chi connectivity index (χ1v) is 10.1. The average Bonchev–Trinajstić information content (AvgIpc) is 2.99. The average molecular weight is 426 g/mol. The van der Waals surface area contributed by atoms with Crippen LogP contribution >= 0.6 is 0 Å². The van der Waals surface area contributed by atoms with Gasteiger partial charge < -0.3 is 10.6 Å². The molecule has 0 saturated carbocycles. The number of piperidine rings is 1. The van der Waals surface area contributed by atoms with Gasteiger partial charge in [-0.3, -0.25) is 14.2 Å². The highest BCUT2D eigenvalue weighted by Crippen LogP contribution is 2.21. The van der Waals surface area contributed by atoms with Gasteiger partial charge >= 0.3 is 5.69 Å². The number of nitrogens with two attached hydrogens (primary N) is 1. The number of likely N-dealkylation sites (tertiary alicyclic amines) is 1. The van der Waals surface area contributed by atoms with Crippen molar-refractivity contribution in [3.63, 3.8) is 0 Å². The highest BCUT2D eigenvalue weighted by Gasteiger charge is 2.27. The summed E-state index contributed by atoms with van der Waals surface area (Å²) in [5.41, 5.74) is 5.38. The number of hydrogen-bond donors (Lipinski definition) is 1. The normalized spacial score (nSPS) is 16.6. The molecule has 3 heterocycles. The third-order valence-corrected chi connectivity index (χ3v) is 5.50. The number of halogens is 1. The summed E-state index contributed by atoms with van der Waals surface area (Å²) in [5, 5.41) is 0. The highest BCUT2D eigenvalue weighted by molar-refractivity contribution is 6.02. The summed E-state index contributed by atoms with van der Waals surface area (Å²) < 4.78 is 15.9. The van der Waals surface area contributed by atoms with Gasteiger partial charge in [0.2, 0.25) is 5.91 Å². The first-order chi connectivity index (χ1) is 14.8. The van der Waals surface area contributed by atoms with E-state index < -0.39 is 17.4 Å². The Morgan fingerprint density at radius 1 is 1.23 bits per heavy atom. The van der Waals surface area contributed by atoms with Crippen LogP contribution in [0.5, 0.6) is 0 Å². The van der Waals surface area contributed by atoms with Crippen molar-refractivity contribution >= 4 is 23.0 Å². The van der Waals surface area contributed by atoms with Gasteiger partial charge in [-0.1, -0.05) is 6.92 Å². The molecule has 0 aliphatic carbocycles. The predicted molar refractivity (Wildman–Crippen MR) is 111 cm³/mol. The molecular weight excluding hydrogens is 403 g/mol. The van der Waals surface area contributed by atoms with E-state index in [1.165, 1.54) is 33.4 Å². The van der Waals surface area contributed by atoms with Crippen molar-refractivity contribution < 1.29 is 14.0 Å². The number of primary amides is 1. The van der Waals surface area contributed by atoms with Crippen LogP contribution in [0.25, 0.3) is 16.9 Å². The SMILES string of the molecule is Cc1nc(C(N)=O)c2c(n1)n(-c1ccc(F)cc1)c(=O)n2CC(=O)N1CCC[C@@H](C)C1. The van der Waals surface area contributed by atoms with Gasteiger partial charge in [0.05, 0.1) is 5.69 Å². The summed E-state index contributed by atoms with van der Waals surface area (Å²) in [6.45, 7) is 4.61. The number of rotatable bonds is 4. The molecule has 10 heteroatoms. The van der Waals surface area contributed by atoms with E-state index in [1.54, 1.807) is 11.8 Å². The van der Waals surface area contributed by atoms with E-state index >= 15 is 0 Å². The van der Waals surface area contributed by atoms with Crippen molar-refractivity contribution in [1.82, 2.24) is 24.0 Å². The van der Waals surface area contributed by atoms with Crippen LogP contribution in [0.1, 0.15) is 36.1 Å². The third kappa shape index (κ3) is 3.80. The first kappa shape index (κ1) is 20.7. The fraction of sp³-hybridized carbons (Fsp3) is 0.381. The molecule has 1 fully saturated rings. The van der Waals surface area contributed by atoms with E-state index in [2.05, 4.69) is 16.9 Å².